The fourth-order valence-corrected chi connectivity index (χ4v) is 4.26. The van der Waals surface area contributed by atoms with E-state index in [-0.39, 0.29) is 27.9 Å². The van der Waals surface area contributed by atoms with E-state index in [4.69, 9.17) is 20.8 Å². The van der Waals surface area contributed by atoms with E-state index in [9.17, 15) is 24.3 Å². The highest BCUT2D eigenvalue weighted by atomic mass is 35.5. The highest BCUT2D eigenvalue weighted by Crippen LogP contribution is 2.34. The molecule has 1 N–H and O–H groups in total. The first kappa shape index (κ1) is 22.1. The van der Waals surface area contributed by atoms with Gasteiger partial charge in [0.2, 0.25) is 5.91 Å². The number of imide groups is 1. The molecule has 3 heterocycles. The lowest BCUT2D eigenvalue weighted by molar-refractivity contribution is -0.139. The number of hydrogen-bond acceptors (Lipinski definition) is 7. The topological polar surface area (TPSA) is 117 Å². The van der Waals surface area contributed by atoms with Crippen LogP contribution in [-0.4, -0.2) is 70.8 Å². The van der Waals surface area contributed by atoms with Crippen LogP contribution in [-0.2, 0) is 14.3 Å². The average Bonchev–Trinajstić information content (AvgIpc) is 3.35. The summed E-state index contributed by atoms with van der Waals surface area (Å²) in [5.74, 6) is -1.37. The number of carbonyl (C=O) groups excluding carboxylic acids is 3. The number of hydrogen-bond donors (Lipinski definition) is 1. The van der Waals surface area contributed by atoms with Gasteiger partial charge in [-0.15, -0.1) is 0 Å². The molecule has 9 nitrogen and oxygen atoms in total. The second-order valence-electron chi connectivity index (χ2n) is 6.96. The largest absolute Gasteiger partial charge is 0.478 e. The van der Waals surface area contributed by atoms with Crippen LogP contribution in [0, 0.1) is 0 Å². The molecule has 0 aliphatic carbocycles. The molecule has 0 bridgehead atoms. The molecule has 2 saturated heterocycles. The number of carbonyl (C=O) groups is 4. The number of benzene rings is 1. The van der Waals surface area contributed by atoms with Crippen molar-refractivity contribution in [1.82, 2.24) is 9.80 Å². The lowest BCUT2D eigenvalue weighted by Crippen LogP contribution is -2.46. The van der Waals surface area contributed by atoms with E-state index in [1.165, 1.54) is 18.2 Å². The first-order valence-electron chi connectivity index (χ1n) is 9.57. The molecule has 0 radical (unpaired) electrons. The van der Waals surface area contributed by atoms with Gasteiger partial charge in [0.1, 0.15) is 18.1 Å². The number of thioether (sulfide) groups is 1. The molecule has 2 fully saturated rings. The zero-order valence-corrected chi connectivity index (χ0v) is 18.1. The Morgan fingerprint density at radius 2 is 1.91 bits per heavy atom. The van der Waals surface area contributed by atoms with E-state index in [0.717, 1.165) is 16.7 Å². The molecule has 0 unspecified atom stereocenters. The van der Waals surface area contributed by atoms with Crippen LogP contribution in [0.2, 0.25) is 5.02 Å². The van der Waals surface area contributed by atoms with Crippen molar-refractivity contribution in [1.29, 1.82) is 0 Å². The molecule has 3 amide bonds. The van der Waals surface area contributed by atoms with Crippen LogP contribution in [0.3, 0.4) is 0 Å². The van der Waals surface area contributed by atoms with Crippen LogP contribution >= 0.6 is 23.4 Å². The molecule has 32 heavy (non-hydrogen) atoms. The average molecular weight is 477 g/mol. The highest BCUT2D eigenvalue weighted by molar-refractivity contribution is 8.18. The molecular weight excluding hydrogens is 460 g/mol. The summed E-state index contributed by atoms with van der Waals surface area (Å²) >= 11 is 6.62. The second kappa shape index (κ2) is 9.19. The number of carboxylic acid groups (broad SMARTS) is 1. The third kappa shape index (κ3) is 4.57. The van der Waals surface area contributed by atoms with Crippen molar-refractivity contribution in [2.75, 3.05) is 32.8 Å². The lowest BCUT2D eigenvalue weighted by Gasteiger charge is -2.27. The number of morpholine rings is 1. The minimum absolute atomic E-state index is 0.0619. The van der Waals surface area contributed by atoms with Gasteiger partial charge < -0.3 is 19.2 Å². The third-order valence-corrected chi connectivity index (χ3v) is 6.15. The Morgan fingerprint density at radius 3 is 2.62 bits per heavy atom. The van der Waals surface area contributed by atoms with Crippen LogP contribution in [0.15, 0.2) is 39.7 Å². The number of aromatic carboxylic acids is 1. The predicted octanol–water partition coefficient (Wildman–Crippen LogP) is 3.19. The van der Waals surface area contributed by atoms with Crippen LogP contribution in [0.4, 0.5) is 4.79 Å². The van der Waals surface area contributed by atoms with Gasteiger partial charge in [-0.3, -0.25) is 19.3 Å². The second-order valence-corrected chi connectivity index (χ2v) is 8.36. The number of rotatable bonds is 5. The molecule has 0 spiro atoms. The van der Waals surface area contributed by atoms with Gasteiger partial charge in [0.05, 0.1) is 28.7 Å². The maximum atomic E-state index is 12.7. The van der Waals surface area contributed by atoms with Crippen molar-refractivity contribution in [3.63, 3.8) is 0 Å². The number of nitrogens with zero attached hydrogens (tertiary/aromatic N) is 2. The third-order valence-electron chi connectivity index (χ3n) is 4.91. The van der Waals surface area contributed by atoms with Crippen molar-refractivity contribution in [2.24, 2.45) is 0 Å². The maximum absolute atomic E-state index is 12.7. The molecule has 0 saturated carbocycles. The summed E-state index contributed by atoms with van der Waals surface area (Å²) in [5, 5.41) is 8.80. The van der Waals surface area contributed by atoms with Crippen molar-refractivity contribution in [2.45, 2.75) is 0 Å². The lowest BCUT2D eigenvalue weighted by atomic mass is 10.1. The normalized spacial score (nSPS) is 18.0. The van der Waals surface area contributed by atoms with E-state index >= 15 is 0 Å². The standard InChI is InChI=1S/C21H17ClN2O7S/c22-15-3-1-12(9-14(15)20(27)28)16-4-2-13(31-16)10-17-19(26)24(21(29)32-17)11-18(25)23-5-7-30-8-6-23/h1-4,9-10H,5-8,11H2,(H,27,28)/b17-10+. The fraction of sp³-hybridized carbons (Fsp3) is 0.238. The molecule has 1 aromatic carbocycles. The maximum Gasteiger partial charge on any atom is 0.337 e. The fourth-order valence-electron chi connectivity index (χ4n) is 3.24. The summed E-state index contributed by atoms with van der Waals surface area (Å²) in [6.07, 6.45) is 1.42. The Morgan fingerprint density at radius 1 is 1.16 bits per heavy atom. The summed E-state index contributed by atoms with van der Waals surface area (Å²) < 4.78 is 10.9. The van der Waals surface area contributed by atoms with Crippen LogP contribution in [0.25, 0.3) is 17.4 Å². The van der Waals surface area contributed by atoms with E-state index in [1.54, 1.807) is 23.1 Å². The number of halogens is 1. The van der Waals surface area contributed by atoms with Crippen molar-refractivity contribution in [3.8, 4) is 11.3 Å². The van der Waals surface area contributed by atoms with Crippen LogP contribution < -0.4 is 0 Å². The summed E-state index contributed by atoms with van der Waals surface area (Å²) in [6.45, 7) is 1.38. The van der Waals surface area contributed by atoms with E-state index in [2.05, 4.69) is 0 Å². The number of furan rings is 1. The first-order valence-corrected chi connectivity index (χ1v) is 10.8. The molecular formula is C21H17ClN2O7S. The summed E-state index contributed by atoms with van der Waals surface area (Å²) in [6, 6.07) is 7.67. The van der Waals surface area contributed by atoms with Crippen molar-refractivity contribution in [3.05, 3.63) is 51.6 Å². The molecule has 2 aliphatic heterocycles. The summed E-state index contributed by atoms with van der Waals surface area (Å²) in [4.78, 5) is 51.3. The van der Waals surface area contributed by atoms with Gasteiger partial charge in [0.25, 0.3) is 11.1 Å². The summed E-state index contributed by atoms with van der Waals surface area (Å²) in [7, 11) is 0. The molecule has 0 atom stereocenters. The Bertz CT molecular complexity index is 1140. The molecule has 1 aromatic heterocycles. The Kier molecular flexibility index (Phi) is 6.35. The zero-order chi connectivity index (χ0) is 22.8. The molecule has 4 rings (SSSR count). The van der Waals surface area contributed by atoms with E-state index in [0.29, 0.717) is 43.4 Å². The first-order chi connectivity index (χ1) is 15.3. The summed E-state index contributed by atoms with van der Waals surface area (Å²) in [5.41, 5.74) is 0.434. The predicted molar refractivity (Wildman–Crippen MR) is 116 cm³/mol. The van der Waals surface area contributed by atoms with Crippen molar-refractivity contribution < 1.29 is 33.4 Å². The number of amides is 3. The Labute approximate surface area is 191 Å². The quantitative estimate of drug-likeness (QED) is 0.654. The SMILES string of the molecule is O=C(O)c1cc(-c2ccc(/C=C3/SC(=O)N(CC(=O)N4CCOCC4)C3=O)o2)ccc1Cl. The van der Waals surface area contributed by atoms with Gasteiger partial charge in [-0.25, -0.2) is 4.79 Å². The van der Waals surface area contributed by atoms with E-state index < -0.39 is 17.1 Å². The molecule has 166 valence electrons. The van der Waals surface area contributed by atoms with Crippen LogP contribution in [0.5, 0.6) is 0 Å². The minimum Gasteiger partial charge on any atom is -0.478 e. The van der Waals surface area contributed by atoms with Gasteiger partial charge in [0, 0.05) is 24.7 Å². The Balaban J connectivity index is 1.49. The van der Waals surface area contributed by atoms with Gasteiger partial charge in [-0.2, -0.15) is 0 Å². The van der Waals surface area contributed by atoms with Gasteiger partial charge in [0.15, 0.2) is 0 Å². The monoisotopic (exact) mass is 476 g/mol. The van der Waals surface area contributed by atoms with Gasteiger partial charge in [-0.1, -0.05) is 11.6 Å². The number of carboxylic acids is 1. The molecule has 2 aliphatic rings. The molecule has 11 heteroatoms. The number of ether oxygens (including phenoxy) is 1. The van der Waals surface area contributed by atoms with Gasteiger partial charge in [-0.05, 0) is 42.1 Å². The van der Waals surface area contributed by atoms with E-state index in [1.807, 2.05) is 0 Å². The Hall–Kier alpha value is -3.08. The zero-order valence-electron chi connectivity index (χ0n) is 16.6. The highest BCUT2D eigenvalue weighted by Gasteiger charge is 2.37. The smallest absolute Gasteiger partial charge is 0.337 e. The van der Waals surface area contributed by atoms with Crippen LogP contribution in [0.1, 0.15) is 16.1 Å². The van der Waals surface area contributed by atoms with Gasteiger partial charge >= 0.3 is 5.97 Å². The minimum atomic E-state index is -1.16. The molecule has 2 aromatic rings. The van der Waals surface area contributed by atoms with Crippen molar-refractivity contribution >= 4 is 52.5 Å².